The number of amides is 1. The number of hydrogen-bond donors (Lipinski definition) is 2. The number of ether oxygens (including phenoxy) is 2. The molecule has 1 aliphatic heterocycles. The van der Waals surface area contributed by atoms with Gasteiger partial charge in [0.25, 0.3) is 15.9 Å². The van der Waals surface area contributed by atoms with E-state index in [-0.39, 0.29) is 28.3 Å². The van der Waals surface area contributed by atoms with Crippen LogP contribution in [0, 0.1) is 20.8 Å². The van der Waals surface area contributed by atoms with Crippen molar-refractivity contribution in [3.05, 3.63) is 46.3 Å². The second-order valence-corrected chi connectivity index (χ2v) is 10.0. The Balaban J connectivity index is 1.67. The number of rotatable bonds is 5. The van der Waals surface area contributed by atoms with E-state index in [1.165, 1.54) is 18.4 Å². The fourth-order valence-corrected chi connectivity index (χ4v) is 5.55. The van der Waals surface area contributed by atoms with E-state index in [2.05, 4.69) is 15.0 Å². The highest BCUT2D eigenvalue weighted by Gasteiger charge is 2.24. The quantitative estimate of drug-likeness (QED) is 0.600. The summed E-state index contributed by atoms with van der Waals surface area (Å²) in [4.78, 5) is 17.0. The van der Waals surface area contributed by atoms with Gasteiger partial charge in [-0.1, -0.05) is 0 Å². The summed E-state index contributed by atoms with van der Waals surface area (Å²) in [6, 6.07) is 8.63. The predicted octanol–water partition coefficient (Wildman–Crippen LogP) is 3.88. The standard InChI is InChI=1S/C21H21N3O5S2/c1-11-7-17(28-4)18(8-12(11)2)31(26,27)24-21-23-20(13(3)30-21)14-5-6-16-15(9-14)22-19(25)10-29-16/h5-9H,10H2,1-4H3,(H,22,25)(H,23,24). The molecule has 0 bridgehead atoms. The molecule has 10 heteroatoms. The molecule has 2 aromatic carbocycles. The van der Waals surface area contributed by atoms with Gasteiger partial charge in [-0.15, -0.1) is 11.3 Å². The average Bonchev–Trinajstić information content (AvgIpc) is 3.08. The summed E-state index contributed by atoms with van der Waals surface area (Å²) in [5.41, 5.74) is 3.70. The van der Waals surface area contributed by atoms with Gasteiger partial charge in [0.15, 0.2) is 11.7 Å². The van der Waals surface area contributed by atoms with Crippen LogP contribution < -0.4 is 19.5 Å². The van der Waals surface area contributed by atoms with Crippen molar-refractivity contribution < 1.29 is 22.7 Å². The molecule has 0 spiro atoms. The maximum Gasteiger partial charge on any atom is 0.267 e. The van der Waals surface area contributed by atoms with E-state index in [4.69, 9.17) is 9.47 Å². The first-order valence-electron chi connectivity index (χ1n) is 9.40. The molecule has 4 rings (SSSR count). The monoisotopic (exact) mass is 459 g/mol. The van der Waals surface area contributed by atoms with Gasteiger partial charge in [0.2, 0.25) is 0 Å². The molecular weight excluding hydrogens is 438 g/mol. The molecule has 0 saturated heterocycles. The fourth-order valence-electron chi connectivity index (χ4n) is 3.24. The third-order valence-corrected chi connectivity index (χ3v) is 7.35. The molecule has 1 aromatic heterocycles. The highest BCUT2D eigenvalue weighted by Crippen LogP contribution is 2.37. The van der Waals surface area contributed by atoms with Crippen LogP contribution in [0.2, 0.25) is 0 Å². The van der Waals surface area contributed by atoms with Gasteiger partial charge in [-0.05, 0) is 62.2 Å². The van der Waals surface area contributed by atoms with E-state index < -0.39 is 10.0 Å². The lowest BCUT2D eigenvalue weighted by molar-refractivity contribution is -0.118. The van der Waals surface area contributed by atoms with Gasteiger partial charge in [0, 0.05) is 10.4 Å². The highest BCUT2D eigenvalue weighted by molar-refractivity contribution is 7.93. The number of carbonyl (C=O) groups excluding carboxylic acids is 1. The molecule has 0 saturated carbocycles. The highest BCUT2D eigenvalue weighted by atomic mass is 32.2. The van der Waals surface area contributed by atoms with Crippen LogP contribution in [0.4, 0.5) is 10.8 Å². The normalized spacial score (nSPS) is 13.2. The lowest BCUT2D eigenvalue weighted by Gasteiger charge is -2.18. The first-order valence-corrected chi connectivity index (χ1v) is 11.7. The number of methoxy groups -OCH3 is 1. The Morgan fingerprint density at radius 2 is 1.90 bits per heavy atom. The van der Waals surface area contributed by atoms with E-state index >= 15 is 0 Å². The zero-order valence-electron chi connectivity index (χ0n) is 17.4. The van der Waals surface area contributed by atoms with Gasteiger partial charge >= 0.3 is 0 Å². The second-order valence-electron chi connectivity index (χ2n) is 7.16. The molecule has 1 aliphatic rings. The maximum absolute atomic E-state index is 13.0. The van der Waals surface area contributed by atoms with Crippen molar-refractivity contribution in [3.63, 3.8) is 0 Å². The lowest BCUT2D eigenvalue weighted by atomic mass is 10.1. The number of aryl methyl sites for hydroxylation is 3. The number of thiazole rings is 1. The molecule has 2 N–H and O–H groups in total. The van der Waals surface area contributed by atoms with Gasteiger partial charge in [-0.25, -0.2) is 13.4 Å². The minimum atomic E-state index is -3.91. The molecule has 0 fully saturated rings. The smallest absolute Gasteiger partial charge is 0.267 e. The molecule has 0 radical (unpaired) electrons. The number of aromatic nitrogens is 1. The summed E-state index contributed by atoms with van der Waals surface area (Å²) in [6.45, 7) is 5.58. The van der Waals surface area contributed by atoms with Crippen molar-refractivity contribution in [1.82, 2.24) is 4.98 Å². The van der Waals surface area contributed by atoms with Gasteiger partial charge in [-0.3, -0.25) is 9.52 Å². The number of hydrogen-bond acceptors (Lipinski definition) is 7. The molecule has 0 atom stereocenters. The molecule has 0 aliphatic carbocycles. The zero-order chi connectivity index (χ0) is 22.3. The molecule has 2 heterocycles. The Kier molecular flexibility index (Phi) is 5.36. The van der Waals surface area contributed by atoms with Crippen LogP contribution in [0.25, 0.3) is 11.3 Å². The number of nitrogens with one attached hydrogen (secondary N) is 2. The molecular formula is C21H21N3O5S2. The Bertz CT molecular complexity index is 1300. The fraction of sp³-hybridized carbons (Fsp3) is 0.238. The van der Waals surface area contributed by atoms with Crippen molar-refractivity contribution >= 4 is 38.1 Å². The molecule has 0 unspecified atom stereocenters. The van der Waals surface area contributed by atoms with Gasteiger partial charge in [0.05, 0.1) is 18.5 Å². The number of nitrogens with zero attached hydrogens (tertiary/aromatic N) is 1. The third-order valence-electron chi connectivity index (χ3n) is 4.97. The van der Waals surface area contributed by atoms with Crippen molar-refractivity contribution in [2.75, 3.05) is 23.8 Å². The molecule has 3 aromatic rings. The number of benzene rings is 2. The van der Waals surface area contributed by atoms with Crippen LogP contribution in [0.15, 0.2) is 35.2 Å². The lowest BCUT2D eigenvalue weighted by Crippen LogP contribution is -2.25. The average molecular weight is 460 g/mol. The summed E-state index contributed by atoms with van der Waals surface area (Å²) < 4.78 is 39.3. The number of anilines is 2. The van der Waals surface area contributed by atoms with E-state index in [9.17, 15) is 13.2 Å². The van der Waals surface area contributed by atoms with Crippen LogP contribution in [-0.4, -0.2) is 33.0 Å². The van der Waals surface area contributed by atoms with E-state index in [0.717, 1.165) is 21.6 Å². The molecule has 31 heavy (non-hydrogen) atoms. The zero-order valence-corrected chi connectivity index (χ0v) is 19.0. The van der Waals surface area contributed by atoms with Crippen molar-refractivity contribution in [3.8, 4) is 22.8 Å². The van der Waals surface area contributed by atoms with Gasteiger partial charge in [-0.2, -0.15) is 0 Å². The molecule has 1 amide bonds. The topological polar surface area (TPSA) is 107 Å². The Hall–Kier alpha value is -3.11. The summed E-state index contributed by atoms with van der Waals surface area (Å²) in [6.07, 6.45) is 0. The molecule has 8 nitrogen and oxygen atoms in total. The second kappa shape index (κ2) is 7.86. The van der Waals surface area contributed by atoms with Crippen LogP contribution in [-0.2, 0) is 14.8 Å². The maximum atomic E-state index is 13.0. The molecule has 162 valence electrons. The summed E-state index contributed by atoms with van der Waals surface area (Å²) in [7, 11) is -2.47. The van der Waals surface area contributed by atoms with Crippen LogP contribution >= 0.6 is 11.3 Å². The predicted molar refractivity (Wildman–Crippen MR) is 120 cm³/mol. The number of sulfonamides is 1. The van der Waals surface area contributed by atoms with Crippen LogP contribution in [0.1, 0.15) is 16.0 Å². The van der Waals surface area contributed by atoms with Crippen molar-refractivity contribution in [1.29, 1.82) is 0 Å². The van der Waals surface area contributed by atoms with Crippen LogP contribution in [0.3, 0.4) is 0 Å². The van der Waals surface area contributed by atoms with Gasteiger partial charge < -0.3 is 14.8 Å². The summed E-state index contributed by atoms with van der Waals surface area (Å²) in [5, 5.41) is 3.01. The first-order chi connectivity index (χ1) is 14.7. The summed E-state index contributed by atoms with van der Waals surface area (Å²) in [5.74, 6) is 0.629. The minimum Gasteiger partial charge on any atom is -0.495 e. The SMILES string of the molecule is COc1cc(C)c(C)cc1S(=O)(=O)Nc1nc(-c2ccc3c(c2)NC(=O)CO3)c(C)s1. The number of fused-ring (bicyclic) bond motifs is 1. The van der Waals surface area contributed by atoms with Crippen molar-refractivity contribution in [2.45, 2.75) is 25.7 Å². The first kappa shape index (κ1) is 21.1. The summed E-state index contributed by atoms with van der Waals surface area (Å²) >= 11 is 1.23. The Morgan fingerprint density at radius 3 is 2.65 bits per heavy atom. The van der Waals surface area contributed by atoms with Crippen molar-refractivity contribution in [2.24, 2.45) is 0 Å². The Morgan fingerprint density at radius 1 is 1.16 bits per heavy atom. The van der Waals surface area contributed by atoms with Crippen LogP contribution in [0.5, 0.6) is 11.5 Å². The van der Waals surface area contributed by atoms with E-state index in [1.807, 2.05) is 26.8 Å². The van der Waals surface area contributed by atoms with E-state index in [1.54, 1.807) is 24.3 Å². The minimum absolute atomic E-state index is 0.0179. The van der Waals surface area contributed by atoms with E-state index in [0.29, 0.717) is 17.1 Å². The largest absolute Gasteiger partial charge is 0.495 e. The van der Waals surface area contributed by atoms with Gasteiger partial charge in [0.1, 0.15) is 16.4 Å². The Labute approximate surface area is 184 Å². The third kappa shape index (κ3) is 4.08. The number of carbonyl (C=O) groups is 1.